The number of anilines is 1. The molecular weight excluding hydrogens is 342 g/mol. The molecule has 0 spiro atoms. The Morgan fingerprint density at radius 1 is 1.14 bits per heavy atom. The van der Waals surface area contributed by atoms with E-state index in [1.54, 1.807) is 18.2 Å². The second kappa shape index (κ2) is 6.67. The van der Waals surface area contributed by atoms with E-state index in [0.717, 1.165) is 10.5 Å². The number of amides is 1. The average Bonchev–Trinajstić information content (AvgIpc) is 2.37. The van der Waals surface area contributed by atoms with Crippen LogP contribution < -0.4 is 11.1 Å². The van der Waals surface area contributed by atoms with Crippen LogP contribution in [0.2, 0.25) is 0 Å². The van der Waals surface area contributed by atoms with E-state index in [4.69, 9.17) is 5.73 Å². The van der Waals surface area contributed by atoms with Crippen LogP contribution in [0.15, 0.2) is 40.9 Å². The summed E-state index contributed by atoms with van der Waals surface area (Å²) in [5.74, 6) is -1.58. The topological polar surface area (TPSA) is 55.1 Å². The van der Waals surface area contributed by atoms with Crippen LogP contribution in [0.1, 0.15) is 15.9 Å². The average molecular weight is 355 g/mol. The highest BCUT2D eigenvalue weighted by molar-refractivity contribution is 9.10. The Kier molecular flexibility index (Phi) is 4.90. The molecule has 110 valence electrons. The molecule has 2 aromatic rings. The number of benzene rings is 2. The first-order chi connectivity index (χ1) is 9.95. The summed E-state index contributed by atoms with van der Waals surface area (Å²) in [5, 5.41) is 2.67. The number of nitrogens with one attached hydrogen (secondary N) is 1. The normalized spacial score (nSPS) is 10.4. The van der Waals surface area contributed by atoms with Crippen molar-refractivity contribution < 1.29 is 13.6 Å². The van der Waals surface area contributed by atoms with Crippen molar-refractivity contribution in [1.82, 2.24) is 5.32 Å². The van der Waals surface area contributed by atoms with Gasteiger partial charge in [0.15, 0.2) is 0 Å². The van der Waals surface area contributed by atoms with Crippen LogP contribution in [0.4, 0.5) is 14.5 Å². The van der Waals surface area contributed by atoms with Crippen LogP contribution in [-0.2, 0) is 6.42 Å². The number of carbonyl (C=O) groups is 1. The van der Waals surface area contributed by atoms with Gasteiger partial charge in [-0.05, 0) is 42.3 Å². The summed E-state index contributed by atoms with van der Waals surface area (Å²) in [5.41, 5.74) is 6.96. The molecule has 0 radical (unpaired) electrons. The Morgan fingerprint density at radius 2 is 1.81 bits per heavy atom. The predicted octanol–water partition coefficient (Wildman–Crippen LogP) is 3.28. The number of rotatable bonds is 4. The second-order valence-corrected chi connectivity index (χ2v) is 5.43. The van der Waals surface area contributed by atoms with Gasteiger partial charge >= 0.3 is 0 Å². The molecule has 0 bridgehead atoms. The van der Waals surface area contributed by atoms with Crippen LogP contribution in [0.25, 0.3) is 0 Å². The van der Waals surface area contributed by atoms with Gasteiger partial charge in [0.1, 0.15) is 11.6 Å². The molecule has 0 aromatic heterocycles. The molecule has 0 aliphatic rings. The van der Waals surface area contributed by atoms with Crippen LogP contribution in [0.5, 0.6) is 0 Å². The Hall–Kier alpha value is -1.95. The van der Waals surface area contributed by atoms with Crippen molar-refractivity contribution in [3.05, 3.63) is 63.6 Å². The summed E-state index contributed by atoms with van der Waals surface area (Å²) >= 11 is 3.26. The van der Waals surface area contributed by atoms with E-state index in [9.17, 15) is 13.6 Å². The van der Waals surface area contributed by atoms with Gasteiger partial charge in [-0.1, -0.05) is 15.9 Å². The Bertz CT molecular complexity index is 656. The van der Waals surface area contributed by atoms with Gasteiger partial charge in [-0.3, -0.25) is 4.79 Å². The first kappa shape index (κ1) is 15.4. The lowest BCUT2D eigenvalue weighted by Gasteiger charge is -2.08. The van der Waals surface area contributed by atoms with Gasteiger partial charge in [0.2, 0.25) is 0 Å². The fraction of sp³-hybridized carbons (Fsp3) is 0.133. The summed E-state index contributed by atoms with van der Waals surface area (Å²) in [6.07, 6.45) is 0.330. The summed E-state index contributed by atoms with van der Waals surface area (Å²) in [7, 11) is 0. The summed E-state index contributed by atoms with van der Waals surface area (Å²) in [6.45, 7) is 0.261. The standard InChI is InChI=1S/C15H13BrF2N2O/c16-10-1-2-13(14(19)7-10)15(21)20-4-3-9-5-11(17)8-12(18)6-9/h1-2,5-8H,3-4,19H2,(H,20,21). The van der Waals surface area contributed by atoms with Gasteiger partial charge in [-0.15, -0.1) is 0 Å². The lowest BCUT2D eigenvalue weighted by molar-refractivity contribution is 0.0955. The lowest BCUT2D eigenvalue weighted by Crippen LogP contribution is -2.26. The molecule has 21 heavy (non-hydrogen) atoms. The zero-order chi connectivity index (χ0) is 15.4. The van der Waals surface area contributed by atoms with Crippen LogP contribution >= 0.6 is 15.9 Å². The van der Waals surface area contributed by atoms with Gasteiger partial charge < -0.3 is 11.1 Å². The lowest BCUT2D eigenvalue weighted by atomic mass is 10.1. The maximum atomic E-state index is 13.0. The third kappa shape index (κ3) is 4.26. The zero-order valence-corrected chi connectivity index (χ0v) is 12.6. The molecule has 1 amide bonds. The zero-order valence-electron chi connectivity index (χ0n) is 11.0. The molecule has 6 heteroatoms. The minimum Gasteiger partial charge on any atom is -0.398 e. The van der Waals surface area contributed by atoms with E-state index in [1.807, 2.05) is 0 Å². The van der Waals surface area contributed by atoms with E-state index < -0.39 is 11.6 Å². The predicted molar refractivity (Wildman–Crippen MR) is 80.9 cm³/mol. The fourth-order valence-electron chi connectivity index (χ4n) is 1.91. The van der Waals surface area contributed by atoms with Crippen molar-refractivity contribution in [2.45, 2.75) is 6.42 Å². The molecule has 0 aliphatic heterocycles. The number of hydrogen-bond donors (Lipinski definition) is 2. The first-order valence-corrected chi connectivity index (χ1v) is 7.03. The van der Waals surface area contributed by atoms with Gasteiger partial charge in [0, 0.05) is 22.8 Å². The largest absolute Gasteiger partial charge is 0.398 e. The smallest absolute Gasteiger partial charge is 0.253 e. The molecule has 3 N–H and O–H groups in total. The molecule has 0 heterocycles. The highest BCUT2D eigenvalue weighted by atomic mass is 79.9. The summed E-state index contributed by atoms with van der Waals surface area (Å²) < 4.78 is 26.8. The van der Waals surface area contributed by atoms with Crippen LogP contribution in [-0.4, -0.2) is 12.5 Å². The SMILES string of the molecule is Nc1cc(Br)ccc1C(=O)NCCc1cc(F)cc(F)c1. The molecular formula is C15H13BrF2N2O. The highest BCUT2D eigenvalue weighted by Crippen LogP contribution is 2.18. The number of halogens is 3. The minimum absolute atomic E-state index is 0.261. The van der Waals surface area contributed by atoms with Crippen molar-refractivity contribution in [2.75, 3.05) is 12.3 Å². The molecule has 0 saturated heterocycles. The molecule has 0 saturated carbocycles. The van der Waals surface area contributed by atoms with E-state index in [1.165, 1.54) is 12.1 Å². The molecule has 2 rings (SSSR count). The van der Waals surface area contributed by atoms with Crippen molar-refractivity contribution in [3.63, 3.8) is 0 Å². The van der Waals surface area contributed by atoms with Crippen molar-refractivity contribution >= 4 is 27.5 Å². The third-order valence-corrected chi connectivity index (χ3v) is 3.37. The molecule has 2 aromatic carbocycles. The van der Waals surface area contributed by atoms with Crippen LogP contribution in [0, 0.1) is 11.6 Å². The first-order valence-electron chi connectivity index (χ1n) is 6.24. The minimum atomic E-state index is -0.631. The van der Waals surface area contributed by atoms with Crippen molar-refractivity contribution in [3.8, 4) is 0 Å². The van der Waals surface area contributed by atoms with E-state index in [-0.39, 0.29) is 12.5 Å². The molecule has 3 nitrogen and oxygen atoms in total. The molecule has 0 atom stereocenters. The Balaban J connectivity index is 1.95. The van der Waals surface area contributed by atoms with E-state index in [2.05, 4.69) is 21.2 Å². The van der Waals surface area contributed by atoms with Gasteiger partial charge in [0.05, 0.1) is 5.56 Å². The Morgan fingerprint density at radius 3 is 2.43 bits per heavy atom. The summed E-state index contributed by atoms with van der Waals surface area (Å²) in [4.78, 5) is 11.9. The number of carbonyl (C=O) groups excluding carboxylic acids is 1. The number of nitrogens with two attached hydrogens (primary N) is 1. The van der Waals surface area contributed by atoms with E-state index >= 15 is 0 Å². The number of nitrogen functional groups attached to an aromatic ring is 1. The monoisotopic (exact) mass is 354 g/mol. The number of hydrogen-bond acceptors (Lipinski definition) is 2. The molecule has 0 fully saturated rings. The van der Waals surface area contributed by atoms with Gasteiger partial charge in [-0.2, -0.15) is 0 Å². The maximum absolute atomic E-state index is 13.0. The van der Waals surface area contributed by atoms with Crippen LogP contribution in [0.3, 0.4) is 0 Å². The Labute approximate surface area is 129 Å². The van der Waals surface area contributed by atoms with Crippen molar-refractivity contribution in [1.29, 1.82) is 0 Å². The molecule has 0 aliphatic carbocycles. The van der Waals surface area contributed by atoms with Crippen molar-refractivity contribution in [2.24, 2.45) is 0 Å². The summed E-state index contributed by atoms with van der Waals surface area (Å²) in [6, 6.07) is 8.25. The van der Waals surface area contributed by atoms with Gasteiger partial charge in [0.25, 0.3) is 5.91 Å². The third-order valence-electron chi connectivity index (χ3n) is 2.88. The quantitative estimate of drug-likeness (QED) is 0.827. The highest BCUT2D eigenvalue weighted by Gasteiger charge is 2.09. The van der Waals surface area contributed by atoms with Gasteiger partial charge in [-0.25, -0.2) is 8.78 Å². The maximum Gasteiger partial charge on any atom is 0.253 e. The molecule has 0 unspecified atom stereocenters. The van der Waals surface area contributed by atoms with E-state index in [0.29, 0.717) is 23.2 Å². The second-order valence-electron chi connectivity index (χ2n) is 4.52. The fourth-order valence-corrected chi connectivity index (χ4v) is 2.29.